The number of hydrogen-bond acceptors (Lipinski definition) is 3. The van der Waals surface area contributed by atoms with Gasteiger partial charge in [0.05, 0.1) is 16.4 Å². The molecule has 0 saturated carbocycles. The summed E-state index contributed by atoms with van der Waals surface area (Å²) in [7, 11) is 3.79. The van der Waals surface area contributed by atoms with Crippen molar-refractivity contribution in [3.63, 3.8) is 0 Å². The molecule has 0 bridgehead atoms. The first-order valence-corrected chi connectivity index (χ1v) is 6.54. The van der Waals surface area contributed by atoms with Gasteiger partial charge >= 0.3 is 0 Å². The molecule has 5 heteroatoms. The molecule has 19 heavy (non-hydrogen) atoms. The molecule has 0 amide bonds. The number of benzene rings is 1. The van der Waals surface area contributed by atoms with E-state index in [1.54, 1.807) is 4.68 Å². The van der Waals surface area contributed by atoms with E-state index < -0.39 is 0 Å². The normalized spacial score (nSPS) is 10.7. The molecule has 1 N–H and O–H groups in total. The minimum Gasteiger partial charge on any atom is -0.487 e. The molecule has 0 aliphatic rings. The van der Waals surface area contributed by atoms with E-state index in [0.717, 1.165) is 29.2 Å². The van der Waals surface area contributed by atoms with Gasteiger partial charge in [-0.3, -0.25) is 4.68 Å². The zero-order valence-corrected chi connectivity index (χ0v) is 12.2. The van der Waals surface area contributed by atoms with Crippen LogP contribution < -0.4 is 10.1 Å². The SMILES string of the molecule is CNCc1ccccc1OCc1c(Cl)c(C)nn1C. The predicted molar refractivity (Wildman–Crippen MR) is 76.5 cm³/mol. The highest BCUT2D eigenvalue weighted by Crippen LogP contribution is 2.23. The Hall–Kier alpha value is -1.52. The Morgan fingerprint density at radius 1 is 1.37 bits per heavy atom. The molecule has 0 unspecified atom stereocenters. The summed E-state index contributed by atoms with van der Waals surface area (Å²) in [6.07, 6.45) is 0. The molecule has 0 atom stereocenters. The van der Waals surface area contributed by atoms with Crippen LogP contribution in [0.4, 0.5) is 0 Å². The number of nitrogens with zero attached hydrogens (tertiary/aromatic N) is 2. The zero-order valence-electron chi connectivity index (χ0n) is 11.4. The number of aryl methyl sites for hydroxylation is 2. The largest absolute Gasteiger partial charge is 0.487 e. The van der Waals surface area contributed by atoms with Gasteiger partial charge < -0.3 is 10.1 Å². The predicted octanol–water partition coefficient (Wildman–Crippen LogP) is 2.68. The second-order valence-electron chi connectivity index (χ2n) is 4.40. The lowest BCUT2D eigenvalue weighted by Gasteiger charge is -2.11. The minimum absolute atomic E-state index is 0.414. The van der Waals surface area contributed by atoms with E-state index in [-0.39, 0.29) is 0 Å². The van der Waals surface area contributed by atoms with Crippen molar-refractivity contribution in [3.05, 3.63) is 46.2 Å². The van der Waals surface area contributed by atoms with Crippen LogP contribution in [0.2, 0.25) is 5.02 Å². The molecule has 0 spiro atoms. The van der Waals surface area contributed by atoms with Crippen molar-refractivity contribution in [1.82, 2.24) is 15.1 Å². The number of hydrogen-bond donors (Lipinski definition) is 1. The summed E-state index contributed by atoms with van der Waals surface area (Å²) in [5.41, 5.74) is 2.84. The van der Waals surface area contributed by atoms with Gasteiger partial charge in [-0.25, -0.2) is 0 Å². The fourth-order valence-corrected chi connectivity index (χ4v) is 2.18. The molecule has 1 aromatic heterocycles. The highest BCUT2D eigenvalue weighted by atomic mass is 35.5. The first-order valence-electron chi connectivity index (χ1n) is 6.16. The molecule has 2 aromatic rings. The van der Waals surface area contributed by atoms with E-state index >= 15 is 0 Å². The van der Waals surface area contributed by atoms with Crippen LogP contribution in [0.15, 0.2) is 24.3 Å². The molecule has 102 valence electrons. The van der Waals surface area contributed by atoms with Crippen molar-refractivity contribution >= 4 is 11.6 Å². The standard InChI is InChI=1S/C14H18ClN3O/c1-10-14(15)12(18(3)17-10)9-19-13-7-5-4-6-11(13)8-16-2/h4-7,16H,8-9H2,1-3H3. The molecule has 1 heterocycles. The summed E-state index contributed by atoms with van der Waals surface area (Å²) in [5.74, 6) is 0.867. The van der Waals surface area contributed by atoms with E-state index in [2.05, 4.69) is 10.4 Å². The van der Waals surface area contributed by atoms with Crippen molar-refractivity contribution in [2.45, 2.75) is 20.1 Å². The lowest BCUT2D eigenvalue weighted by Crippen LogP contribution is -2.09. The highest BCUT2D eigenvalue weighted by molar-refractivity contribution is 6.31. The summed E-state index contributed by atoms with van der Waals surface area (Å²) >= 11 is 6.21. The third kappa shape index (κ3) is 3.08. The van der Waals surface area contributed by atoms with Gasteiger partial charge in [-0.15, -0.1) is 0 Å². The fourth-order valence-electron chi connectivity index (χ4n) is 1.96. The average Bonchev–Trinajstić information content (AvgIpc) is 2.63. The van der Waals surface area contributed by atoms with Gasteiger partial charge in [-0.2, -0.15) is 5.10 Å². The summed E-state index contributed by atoms with van der Waals surface area (Å²) < 4.78 is 7.63. The third-order valence-corrected chi connectivity index (χ3v) is 3.46. The molecule has 0 aliphatic carbocycles. The smallest absolute Gasteiger partial charge is 0.131 e. The Morgan fingerprint density at radius 3 is 2.74 bits per heavy atom. The van der Waals surface area contributed by atoms with Crippen LogP contribution in [0.3, 0.4) is 0 Å². The van der Waals surface area contributed by atoms with Crippen LogP contribution in [0.1, 0.15) is 17.0 Å². The Morgan fingerprint density at radius 2 is 2.11 bits per heavy atom. The van der Waals surface area contributed by atoms with E-state index in [1.165, 1.54) is 0 Å². The maximum Gasteiger partial charge on any atom is 0.131 e. The van der Waals surface area contributed by atoms with Crippen molar-refractivity contribution < 1.29 is 4.74 Å². The summed E-state index contributed by atoms with van der Waals surface area (Å²) in [5, 5.41) is 8.07. The van der Waals surface area contributed by atoms with Crippen molar-refractivity contribution in [3.8, 4) is 5.75 Å². The Labute approximate surface area is 118 Å². The maximum atomic E-state index is 6.21. The molecule has 2 rings (SSSR count). The van der Waals surface area contributed by atoms with Crippen LogP contribution in [-0.2, 0) is 20.2 Å². The molecule has 0 fully saturated rings. The quantitative estimate of drug-likeness (QED) is 0.915. The minimum atomic E-state index is 0.414. The molecule has 4 nitrogen and oxygen atoms in total. The summed E-state index contributed by atoms with van der Waals surface area (Å²) in [6, 6.07) is 7.97. The average molecular weight is 280 g/mol. The van der Waals surface area contributed by atoms with Crippen molar-refractivity contribution in [2.24, 2.45) is 7.05 Å². The lowest BCUT2D eigenvalue weighted by molar-refractivity contribution is 0.291. The number of para-hydroxylation sites is 1. The highest BCUT2D eigenvalue weighted by Gasteiger charge is 2.12. The molecule has 0 saturated heterocycles. The molecule has 0 aliphatic heterocycles. The monoisotopic (exact) mass is 279 g/mol. The Balaban J connectivity index is 2.14. The van der Waals surface area contributed by atoms with Crippen LogP contribution in [0.25, 0.3) is 0 Å². The second kappa shape index (κ2) is 6.08. The zero-order chi connectivity index (χ0) is 13.8. The maximum absolute atomic E-state index is 6.21. The number of aromatic nitrogens is 2. The van der Waals surface area contributed by atoms with Crippen LogP contribution >= 0.6 is 11.6 Å². The van der Waals surface area contributed by atoms with E-state index in [1.807, 2.05) is 45.3 Å². The first kappa shape index (κ1) is 13.9. The van der Waals surface area contributed by atoms with Crippen LogP contribution in [-0.4, -0.2) is 16.8 Å². The number of rotatable bonds is 5. The Kier molecular flexibility index (Phi) is 4.45. The fraction of sp³-hybridized carbons (Fsp3) is 0.357. The topological polar surface area (TPSA) is 39.1 Å². The summed E-state index contributed by atoms with van der Waals surface area (Å²) in [6.45, 7) is 3.08. The van der Waals surface area contributed by atoms with Crippen LogP contribution in [0.5, 0.6) is 5.75 Å². The molecule has 1 aromatic carbocycles. The van der Waals surface area contributed by atoms with Gasteiger partial charge in [0.1, 0.15) is 12.4 Å². The van der Waals surface area contributed by atoms with Crippen molar-refractivity contribution in [2.75, 3.05) is 7.05 Å². The van der Waals surface area contributed by atoms with E-state index in [9.17, 15) is 0 Å². The summed E-state index contributed by atoms with van der Waals surface area (Å²) in [4.78, 5) is 0. The van der Waals surface area contributed by atoms with E-state index in [0.29, 0.717) is 11.6 Å². The van der Waals surface area contributed by atoms with E-state index in [4.69, 9.17) is 16.3 Å². The van der Waals surface area contributed by atoms with Gasteiger partial charge in [-0.1, -0.05) is 29.8 Å². The number of halogens is 1. The van der Waals surface area contributed by atoms with Crippen molar-refractivity contribution in [1.29, 1.82) is 0 Å². The number of ether oxygens (including phenoxy) is 1. The van der Waals surface area contributed by atoms with Crippen LogP contribution in [0, 0.1) is 6.92 Å². The second-order valence-corrected chi connectivity index (χ2v) is 4.77. The van der Waals surface area contributed by atoms with Gasteiger partial charge in [0.15, 0.2) is 0 Å². The first-order chi connectivity index (χ1) is 9.13. The van der Waals surface area contributed by atoms with Gasteiger partial charge in [-0.05, 0) is 20.0 Å². The molecular weight excluding hydrogens is 262 g/mol. The molecular formula is C14H18ClN3O. The van der Waals surface area contributed by atoms with Gasteiger partial charge in [0, 0.05) is 19.2 Å². The Bertz CT molecular complexity index is 566. The lowest BCUT2D eigenvalue weighted by atomic mass is 10.2. The molecule has 0 radical (unpaired) electrons. The third-order valence-electron chi connectivity index (χ3n) is 2.97. The van der Waals surface area contributed by atoms with Gasteiger partial charge in [0.2, 0.25) is 0 Å². The van der Waals surface area contributed by atoms with Gasteiger partial charge in [0.25, 0.3) is 0 Å². The number of nitrogens with one attached hydrogen (secondary N) is 1.